The van der Waals surface area contributed by atoms with Gasteiger partial charge in [0.25, 0.3) is 0 Å². The Kier molecular flexibility index (Phi) is 6.42. The first-order chi connectivity index (χ1) is 14.6. The number of thiazole rings is 1. The molecule has 7 heteroatoms. The van der Waals surface area contributed by atoms with Gasteiger partial charge in [0.1, 0.15) is 0 Å². The van der Waals surface area contributed by atoms with Crippen molar-refractivity contribution in [2.75, 3.05) is 24.1 Å². The Hall–Kier alpha value is -2.74. The highest BCUT2D eigenvalue weighted by Crippen LogP contribution is 2.37. The third-order valence-corrected chi connectivity index (χ3v) is 6.34. The number of benzene rings is 2. The fourth-order valence-electron chi connectivity index (χ4n) is 3.75. The van der Waals surface area contributed by atoms with E-state index < -0.39 is 6.10 Å². The zero-order valence-electron chi connectivity index (χ0n) is 16.7. The summed E-state index contributed by atoms with van der Waals surface area (Å²) >= 11 is 1.48. The molecule has 1 amide bonds. The van der Waals surface area contributed by atoms with Gasteiger partial charge in [0.2, 0.25) is 5.91 Å². The fraction of sp³-hybridized carbons (Fsp3) is 0.304. The number of nitrogen functional groups attached to an aromatic ring is 1. The number of anilines is 2. The lowest BCUT2D eigenvalue weighted by molar-refractivity contribution is -0.117. The number of hydrogen-bond acceptors (Lipinski definition) is 6. The maximum Gasteiger partial charge on any atom is 0.233 e. The molecule has 0 aliphatic heterocycles. The van der Waals surface area contributed by atoms with Gasteiger partial charge in [-0.05, 0) is 49.1 Å². The van der Waals surface area contributed by atoms with E-state index in [-0.39, 0.29) is 11.8 Å². The third-order valence-electron chi connectivity index (χ3n) is 5.38. The normalized spacial score (nSPS) is 16.2. The number of rotatable bonds is 8. The number of carbonyl (C=O) groups excluding carboxylic acids is 1. The number of nitrogens with one attached hydrogen (secondary N) is 2. The third kappa shape index (κ3) is 4.87. The molecule has 2 aromatic carbocycles. The quantitative estimate of drug-likeness (QED) is 0.418. The molecule has 0 fully saturated rings. The molecule has 0 saturated carbocycles. The van der Waals surface area contributed by atoms with Gasteiger partial charge in [-0.1, -0.05) is 42.5 Å². The molecule has 1 aromatic heterocycles. The predicted molar refractivity (Wildman–Crippen MR) is 121 cm³/mol. The summed E-state index contributed by atoms with van der Waals surface area (Å²) in [7, 11) is 0. The Labute approximate surface area is 180 Å². The van der Waals surface area contributed by atoms with E-state index in [1.165, 1.54) is 16.9 Å². The Morgan fingerprint density at radius 3 is 2.73 bits per heavy atom. The lowest BCUT2D eigenvalue weighted by Gasteiger charge is -2.13. The number of carbonyl (C=O) groups is 1. The number of amides is 1. The van der Waals surface area contributed by atoms with Crippen LogP contribution in [0.15, 0.2) is 54.6 Å². The Bertz CT molecular complexity index is 988. The van der Waals surface area contributed by atoms with Crippen LogP contribution >= 0.6 is 11.3 Å². The first kappa shape index (κ1) is 20.5. The molecule has 3 aromatic rings. The summed E-state index contributed by atoms with van der Waals surface area (Å²) in [6.07, 6.45) is 2.00. The monoisotopic (exact) mass is 422 g/mol. The minimum atomic E-state index is -0.507. The highest BCUT2D eigenvalue weighted by Gasteiger charge is 2.32. The second-order valence-electron chi connectivity index (χ2n) is 7.52. The Morgan fingerprint density at radius 1 is 1.20 bits per heavy atom. The van der Waals surface area contributed by atoms with Crippen LogP contribution in [-0.2, 0) is 17.6 Å². The average Bonchev–Trinajstić information content (AvgIpc) is 3.31. The van der Waals surface area contributed by atoms with E-state index in [2.05, 4.69) is 15.6 Å². The number of aromatic nitrogens is 1. The zero-order valence-corrected chi connectivity index (χ0v) is 17.5. The molecule has 6 nitrogen and oxygen atoms in total. The summed E-state index contributed by atoms with van der Waals surface area (Å²) in [5.41, 5.74) is 9.49. The lowest BCUT2D eigenvalue weighted by Crippen LogP contribution is -2.23. The van der Waals surface area contributed by atoms with Gasteiger partial charge in [0.05, 0.1) is 17.7 Å². The van der Waals surface area contributed by atoms with Gasteiger partial charge in [0, 0.05) is 17.1 Å². The highest BCUT2D eigenvalue weighted by molar-refractivity contribution is 7.15. The van der Waals surface area contributed by atoms with E-state index in [9.17, 15) is 9.90 Å². The molecule has 5 N–H and O–H groups in total. The largest absolute Gasteiger partial charge is 0.387 e. The van der Waals surface area contributed by atoms with Gasteiger partial charge >= 0.3 is 0 Å². The minimum Gasteiger partial charge on any atom is -0.387 e. The van der Waals surface area contributed by atoms with Crippen LogP contribution in [0.4, 0.5) is 10.8 Å². The number of nitrogens with two attached hydrogens (primary N) is 1. The topological polar surface area (TPSA) is 100 Å². The molecule has 1 aliphatic rings. The fourth-order valence-corrected chi connectivity index (χ4v) is 4.66. The van der Waals surface area contributed by atoms with Gasteiger partial charge in [-0.25, -0.2) is 4.98 Å². The van der Waals surface area contributed by atoms with Crippen molar-refractivity contribution >= 4 is 28.1 Å². The van der Waals surface area contributed by atoms with Gasteiger partial charge in [-0.3, -0.25) is 4.79 Å². The molecule has 1 aliphatic carbocycles. The van der Waals surface area contributed by atoms with Crippen molar-refractivity contribution in [3.8, 4) is 0 Å². The van der Waals surface area contributed by atoms with E-state index >= 15 is 0 Å². The summed E-state index contributed by atoms with van der Waals surface area (Å²) in [4.78, 5) is 18.1. The van der Waals surface area contributed by atoms with Crippen LogP contribution in [0.2, 0.25) is 0 Å². The Balaban J connectivity index is 1.23. The van der Waals surface area contributed by atoms with Crippen LogP contribution in [0.25, 0.3) is 0 Å². The molecule has 0 spiro atoms. The molecule has 156 valence electrons. The van der Waals surface area contributed by atoms with Crippen molar-refractivity contribution in [2.45, 2.75) is 31.3 Å². The molecular weight excluding hydrogens is 396 g/mol. The molecule has 30 heavy (non-hydrogen) atoms. The first-order valence-electron chi connectivity index (χ1n) is 10.2. The molecule has 0 bridgehead atoms. The number of nitrogens with zero attached hydrogens (tertiary/aromatic N) is 1. The molecule has 1 heterocycles. The van der Waals surface area contributed by atoms with Crippen LogP contribution < -0.4 is 16.4 Å². The first-order valence-corrected chi connectivity index (χ1v) is 11.0. The summed E-state index contributed by atoms with van der Waals surface area (Å²) in [5.74, 6) is -0.239. The lowest BCUT2D eigenvalue weighted by atomic mass is 10.1. The molecule has 2 atom stereocenters. The van der Waals surface area contributed by atoms with Crippen molar-refractivity contribution in [1.82, 2.24) is 10.3 Å². The van der Waals surface area contributed by atoms with E-state index in [4.69, 9.17) is 5.73 Å². The number of aliphatic hydroxyl groups excluding tert-OH is 1. The standard InChI is InChI=1S/C23H26N4O2S/c24-23-27-21-18(10-11-20(21)30-23)22(29)26-17-8-6-15(7-9-17)12-13-25-14-19(28)16-4-2-1-3-5-16/h1-9,18-19,25,28H,10-14H2,(H2,24,27)(H,26,29)/t18?,19-/m0/s1. The summed E-state index contributed by atoms with van der Waals surface area (Å²) in [5, 5.41) is 17.0. The van der Waals surface area contributed by atoms with Crippen molar-refractivity contribution in [3.63, 3.8) is 0 Å². The maximum atomic E-state index is 12.6. The molecular formula is C23H26N4O2S. The maximum absolute atomic E-state index is 12.6. The van der Waals surface area contributed by atoms with Crippen molar-refractivity contribution in [1.29, 1.82) is 0 Å². The Morgan fingerprint density at radius 2 is 1.97 bits per heavy atom. The molecule has 1 unspecified atom stereocenters. The minimum absolute atomic E-state index is 0.0247. The summed E-state index contributed by atoms with van der Waals surface area (Å²) in [6, 6.07) is 17.5. The van der Waals surface area contributed by atoms with Gasteiger partial charge in [-0.2, -0.15) is 0 Å². The van der Waals surface area contributed by atoms with E-state index in [0.29, 0.717) is 11.7 Å². The summed E-state index contributed by atoms with van der Waals surface area (Å²) < 4.78 is 0. The second kappa shape index (κ2) is 9.38. The molecule has 4 rings (SSSR count). The van der Waals surface area contributed by atoms with Gasteiger partial charge in [-0.15, -0.1) is 11.3 Å². The highest BCUT2D eigenvalue weighted by atomic mass is 32.1. The van der Waals surface area contributed by atoms with Crippen molar-refractivity contribution < 1.29 is 9.90 Å². The van der Waals surface area contributed by atoms with E-state index in [0.717, 1.165) is 47.6 Å². The van der Waals surface area contributed by atoms with Crippen LogP contribution in [0.3, 0.4) is 0 Å². The number of hydrogen-bond donors (Lipinski definition) is 4. The van der Waals surface area contributed by atoms with Crippen LogP contribution in [0, 0.1) is 0 Å². The van der Waals surface area contributed by atoms with Crippen LogP contribution in [0.1, 0.15) is 40.1 Å². The zero-order chi connectivity index (χ0) is 20.9. The van der Waals surface area contributed by atoms with Crippen LogP contribution in [0.5, 0.6) is 0 Å². The average molecular weight is 423 g/mol. The van der Waals surface area contributed by atoms with E-state index in [1.54, 1.807) is 0 Å². The van der Waals surface area contributed by atoms with Crippen molar-refractivity contribution in [3.05, 3.63) is 76.3 Å². The number of fused-ring (bicyclic) bond motifs is 1. The molecule has 0 saturated heterocycles. The predicted octanol–water partition coefficient (Wildman–Crippen LogP) is 3.26. The second-order valence-corrected chi connectivity index (χ2v) is 8.63. The number of aryl methyl sites for hydroxylation is 1. The van der Waals surface area contributed by atoms with E-state index in [1.807, 2.05) is 54.6 Å². The van der Waals surface area contributed by atoms with Crippen molar-refractivity contribution in [2.24, 2.45) is 0 Å². The summed E-state index contributed by atoms with van der Waals surface area (Å²) in [6.45, 7) is 1.29. The van der Waals surface area contributed by atoms with Gasteiger partial charge in [0.15, 0.2) is 5.13 Å². The van der Waals surface area contributed by atoms with Crippen LogP contribution in [-0.4, -0.2) is 29.1 Å². The number of aliphatic hydroxyl groups is 1. The smallest absolute Gasteiger partial charge is 0.233 e. The molecule has 0 radical (unpaired) electrons. The SMILES string of the molecule is Nc1nc2c(s1)CCC2C(=O)Nc1ccc(CCNC[C@H](O)c2ccccc2)cc1. The van der Waals surface area contributed by atoms with Gasteiger partial charge < -0.3 is 21.5 Å².